The number of rotatable bonds is 4. The highest BCUT2D eigenvalue weighted by molar-refractivity contribution is 5.79. The molecule has 0 atom stereocenters. The molecule has 0 saturated heterocycles. The summed E-state index contributed by atoms with van der Waals surface area (Å²) < 4.78 is 0. The van der Waals surface area contributed by atoms with Crippen LogP contribution in [0, 0.1) is 44.4 Å². The van der Waals surface area contributed by atoms with Crippen LogP contribution in [0.1, 0.15) is 56.4 Å². The number of hydrogen-bond acceptors (Lipinski definition) is 1. The van der Waals surface area contributed by atoms with E-state index in [2.05, 4.69) is 44.0 Å². The van der Waals surface area contributed by atoms with Gasteiger partial charge in [-0.3, -0.25) is 0 Å². The molecule has 1 aromatic carbocycles. The molecule has 0 radical (unpaired) electrons. The minimum atomic E-state index is 0.719. The van der Waals surface area contributed by atoms with Gasteiger partial charge in [0, 0.05) is 0 Å². The van der Waals surface area contributed by atoms with Gasteiger partial charge in [-0.1, -0.05) is 49.6 Å². The third-order valence-electron chi connectivity index (χ3n) is 3.92. The monoisotopic (exact) mass is 319 g/mol. The molecule has 0 N–H and O–H groups in total. The van der Waals surface area contributed by atoms with E-state index in [4.69, 9.17) is 6.42 Å². The highest BCUT2D eigenvalue weighted by Crippen LogP contribution is 2.23. The van der Waals surface area contributed by atoms with E-state index in [0.29, 0.717) is 0 Å². The molecule has 0 aromatic heterocycles. The number of benzene rings is 1. The van der Waals surface area contributed by atoms with Crippen LogP contribution in [0.3, 0.4) is 0 Å². The van der Waals surface area contributed by atoms with Crippen molar-refractivity contribution in [3.05, 3.63) is 63.8 Å². The Labute approximate surface area is 148 Å². The lowest BCUT2D eigenvalue weighted by Crippen LogP contribution is -1.92. The molecule has 1 rings (SSSR count). The normalized spacial score (nSPS) is 12.0. The van der Waals surface area contributed by atoms with Crippen LogP contribution in [0.2, 0.25) is 0 Å². The summed E-state index contributed by atoms with van der Waals surface area (Å²) in [7, 11) is 0. The van der Waals surface area contributed by atoms with Crippen molar-refractivity contribution < 1.29 is 0 Å². The van der Waals surface area contributed by atoms with E-state index < -0.39 is 0 Å². The van der Waals surface area contributed by atoms with Gasteiger partial charge >= 0.3 is 0 Å². The number of nitrogens with zero attached hydrogens (tertiary/aromatic N) is 1. The molecule has 1 nitrogen and oxygen atoms in total. The molecule has 1 heteroatoms. The van der Waals surface area contributed by atoms with Gasteiger partial charge in [-0.15, -0.1) is 6.42 Å². The smallest absolute Gasteiger partial charge is 0.0994 e. The lowest BCUT2D eigenvalue weighted by Gasteiger charge is -2.09. The van der Waals surface area contributed by atoms with Crippen molar-refractivity contribution in [3.63, 3.8) is 0 Å². The van der Waals surface area contributed by atoms with Gasteiger partial charge in [-0.05, 0) is 74.9 Å². The Morgan fingerprint density at radius 3 is 2.12 bits per heavy atom. The highest BCUT2D eigenvalue weighted by atomic mass is 14.3. The van der Waals surface area contributed by atoms with Crippen molar-refractivity contribution >= 4 is 5.57 Å². The Hall–Kier alpha value is -2.51. The maximum Gasteiger partial charge on any atom is 0.0994 e. The summed E-state index contributed by atoms with van der Waals surface area (Å²) >= 11 is 0. The van der Waals surface area contributed by atoms with Crippen molar-refractivity contribution in [2.75, 3.05) is 0 Å². The summed E-state index contributed by atoms with van der Waals surface area (Å²) in [6.07, 6.45) is 11.8. The summed E-state index contributed by atoms with van der Waals surface area (Å²) in [6.45, 7) is 14.2. The van der Waals surface area contributed by atoms with Crippen LogP contribution in [-0.2, 0) is 0 Å². The van der Waals surface area contributed by atoms with E-state index >= 15 is 0 Å². The van der Waals surface area contributed by atoms with Gasteiger partial charge in [0.05, 0.1) is 11.6 Å². The van der Waals surface area contributed by atoms with Crippen LogP contribution < -0.4 is 0 Å². The van der Waals surface area contributed by atoms with Crippen LogP contribution in [0.5, 0.6) is 0 Å². The lowest BCUT2D eigenvalue weighted by atomic mass is 9.95. The maximum absolute atomic E-state index is 9.45. The summed E-state index contributed by atoms with van der Waals surface area (Å²) in [5, 5.41) is 9.45. The highest BCUT2D eigenvalue weighted by Gasteiger charge is 2.06. The number of nitriles is 1. The molecule has 24 heavy (non-hydrogen) atoms. The first kappa shape index (κ1) is 21.5. The van der Waals surface area contributed by atoms with Crippen molar-refractivity contribution in [1.82, 2.24) is 0 Å². The quantitative estimate of drug-likeness (QED) is 0.355. The van der Waals surface area contributed by atoms with Gasteiger partial charge in [0.2, 0.25) is 0 Å². The zero-order valence-corrected chi connectivity index (χ0v) is 16.1. The van der Waals surface area contributed by atoms with Crippen molar-refractivity contribution in [2.45, 2.75) is 54.9 Å². The molecule has 0 saturated carbocycles. The van der Waals surface area contributed by atoms with Crippen LogP contribution in [-0.4, -0.2) is 0 Å². The van der Waals surface area contributed by atoms with Gasteiger partial charge < -0.3 is 0 Å². The third kappa shape index (κ3) is 6.31. The Morgan fingerprint density at radius 1 is 1.00 bits per heavy atom. The molecule has 0 aliphatic heterocycles. The molecule has 126 valence electrons. The first-order valence-corrected chi connectivity index (χ1v) is 8.39. The molecule has 0 aliphatic rings. The number of allylic oxidation sites excluding steroid dienone is 6. The van der Waals surface area contributed by atoms with Crippen LogP contribution in [0.4, 0.5) is 0 Å². The Balaban J connectivity index is 0.00000254. The van der Waals surface area contributed by atoms with E-state index in [1.807, 2.05) is 40.7 Å². The van der Waals surface area contributed by atoms with E-state index in [1.54, 1.807) is 6.08 Å². The lowest BCUT2D eigenvalue weighted by molar-refractivity contribution is 1.26. The summed E-state index contributed by atoms with van der Waals surface area (Å²) in [6, 6.07) is 6.55. The van der Waals surface area contributed by atoms with Crippen molar-refractivity contribution in [2.24, 2.45) is 0 Å². The van der Waals surface area contributed by atoms with E-state index in [-0.39, 0.29) is 0 Å². The molecule has 0 spiro atoms. The van der Waals surface area contributed by atoms with Crippen LogP contribution in [0.25, 0.3) is 5.57 Å². The Bertz CT molecular complexity index is 729. The predicted octanol–water partition coefficient (Wildman–Crippen LogP) is 6.46. The third-order valence-corrected chi connectivity index (χ3v) is 3.92. The first-order chi connectivity index (χ1) is 11.4. The minimum absolute atomic E-state index is 0.719. The van der Waals surface area contributed by atoms with Gasteiger partial charge in [0.15, 0.2) is 0 Å². The Morgan fingerprint density at radius 2 is 1.58 bits per heavy atom. The second-order valence-electron chi connectivity index (χ2n) is 5.60. The average Bonchev–Trinajstić information content (AvgIpc) is 2.57. The summed E-state index contributed by atoms with van der Waals surface area (Å²) in [5.74, 6) is 2.53. The Kier molecular flexibility index (Phi) is 9.93. The minimum Gasteiger partial charge on any atom is -0.192 e. The molecular weight excluding hydrogens is 290 g/mol. The fraction of sp³-hybridized carbons (Fsp3) is 0.348. The average molecular weight is 319 g/mol. The largest absolute Gasteiger partial charge is 0.192 e. The molecule has 0 heterocycles. The molecule has 0 amide bonds. The van der Waals surface area contributed by atoms with Crippen molar-refractivity contribution in [1.29, 1.82) is 5.26 Å². The SMILES string of the molecule is C#C/C=C(C)\C(C)=C/C/C=C(\C#N)c1cc(C)c(C)cc1C.CC. The standard InChI is InChI=1S/C21H23N.C2H6/c1-7-9-15(2)16(3)10-8-11-20(14-22)21-13-18(5)17(4)12-19(21)6;1-2/h1,9-13H,8H2,2-6H3;1-2H3/b15-9-,16-10-,20-11+;. The van der Waals surface area contributed by atoms with Gasteiger partial charge in [-0.2, -0.15) is 5.26 Å². The van der Waals surface area contributed by atoms with Crippen LogP contribution >= 0.6 is 0 Å². The molecule has 0 fully saturated rings. The van der Waals surface area contributed by atoms with Gasteiger partial charge in [-0.25, -0.2) is 0 Å². The zero-order chi connectivity index (χ0) is 18.7. The second-order valence-corrected chi connectivity index (χ2v) is 5.60. The topological polar surface area (TPSA) is 23.8 Å². The summed E-state index contributed by atoms with van der Waals surface area (Å²) in [5.41, 5.74) is 7.57. The van der Waals surface area contributed by atoms with E-state index in [1.165, 1.54) is 11.1 Å². The molecule has 1 aromatic rings. The van der Waals surface area contributed by atoms with E-state index in [9.17, 15) is 5.26 Å². The van der Waals surface area contributed by atoms with Crippen LogP contribution in [0.15, 0.2) is 41.5 Å². The molecular formula is C23H29N. The number of terminal acetylenes is 1. The van der Waals surface area contributed by atoms with Gasteiger partial charge in [0.25, 0.3) is 0 Å². The zero-order valence-electron chi connectivity index (χ0n) is 16.1. The molecule has 0 unspecified atom stereocenters. The first-order valence-electron chi connectivity index (χ1n) is 8.39. The van der Waals surface area contributed by atoms with Gasteiger partial charge in [0.1, 0.15) is 0 Å². The fourth-order valence-electron chi connectivity index (χ4n) is 2.22. The summed E-state index contributed by atoms with van der Waals surface area (Å²) in [4.78, 5) is 0. The second kappa shape index (κ2) is 11.1. The number of hydrogen-bond donors (Lipinski definition) is 0. The van der Waals surface area contributed by atoms with E-state index in [0.717, 1.165) is 34.3 Å². The van der Waals surface area contributed by atoms with Crippen molar-refractivity contribution in [3.8, 4) is 18.4 Å². The predicted molar refractivity (Wildman–Crippen MR) is 107 cm³/mol. The number of aryl methyl sites for hydroxylation is 3. The maximum atomic E-state index is 9.45. The molecule has 0 bridgehead atoms. The molecule has 0 aliphatic carbocycles. The fourth-order valence-corrected chi connectivity index (χ4v) is 2.22.